The smallest absolute Gasteiger partial charge is 0.259 e. The fourth-order valence-electron chi connectivity index (χ4n) is 3.62. The van der Waals surface area contributed by atoms with Crippen molar-refractivity contribution in [2.24, 2.45) is 10.2 Å². The van der Waals surface area contributed by atoms with Gasteiger partial charge in [-0.25, -0.2) is 4.98 Å². The van der Waals surface area contributed by atoms with Crippen LogP contribution in [0.3, 0.4) is 0 Å². The predicted octanol–water partition coefficient (Wildman–Crippen LogP) is 6.84. The number of rotatable bonds is 6. The third-order valence-corrected chi connectivity index (χ3v) is 6.33. The summed E-state index contributed by atoms with van der Waals surface area (Å²) in [5.74, 6) is 0.640. The van der Waals surface area contributed by atoms with Gasteiger partial charge in [-0.05, 0) is 47.9 Å². The highest BCUT2D eigenvalue weighted by atomic mass is 32.1. The van der Waals surface area contributed by atoms with Gasteiger partial charge in [0.25, 0.3) is 5.91 Å². The van der Waals surface area contributed by atoms with E-state index in [1.807, 2.05) is 42.5 Å². The zero-order valence-electron chi connectivity index (χ0n) is 18.9. The van der Waals surface area contributed by atoms with Crippen molar-refractivity contribution >= 4 is 54.7 Å². The maximum Gasteiger partial charge on any atom is 0.259 e. The predicted molar refractivity (Wildman–Crippen MR) is 137 cm³/mol. The Hall–Kier alpha value is -4.50. The molecule has 0 aliphatic heterocycles. The average Bonchev–Trinajstić information content (AvgIpc) is 3.30. The lowest BCUT2D eigenvalue weighted by Gasteiger charge is -2.11. The van der Waals surface area contributed by atoms with Crippen molar-refractivity contribution in [3.05, 3.63) is 78.4 Å². The van der Waals surface area contributed by atoms with Crippen LogP contribution >= 0.6 is 11.3 Å². The Morgan fingerprint density at radius 2 is 1.69 bits per heavy atom. The van der Waals surface area contributed by atoms with Gasteiger partial charge in [0.15, 0.2) is 5.75 Å². The number of aromatic nitrogens is 1. The summed E-state index contributed by atoms with van der Waals surface area (Å²) in [5.41, 5.74) is 1.59. The normalized spacial score (nSPS) is 11.3. The molecule has 0 saturated heterocycles. The minimum Gasteiger partial charge on any atom is -0.505 e. The molecule has 0 fully saturated rings. The fourth-order valence-corrected chi connectivity index (χ4v) is 4.39. The molecular weight excluding hydrogens is 464 g/mol. The largest absolute Gasteiger partial charge is 0.505 e. The van der Waals surface area contributed by atoms with Gasteiger partial charge >= 0.3 is 0 Å². The van der Waals surface area contributed by atoms with Gasteiger partial charge in [-0.2, -0.15) is 0 Å². The molecule has 174 valence electrons. The number of thiazole rings is 1. The number of nitrogens with zero attached hydrogens (tertiary/aromatic N) is 3. The zero-order chi connectivity index (χ0) is 24.4. The number of anilines is 1. The molecule has 1 amide bonds. The Balaban J connectivity index is 1.52. The van der Waals surface area contributed by atoms with E-state index in [0.717, 1.165) is 15.6 Å². The van der Waals surface area contributed by atoms with Crippen molar-refractivity contribution in [3.8, 4) is 17.2 Å². The Bertz CT molecular complexity index is 1580. The van der Waals surface area contributed by atoms with Crippen LogP contribution in [0.2, 0.25) is 0 Å². The number of ether oxygens (including phenoxy) is 2. The van der Waals surface area contributed by atoms with Crippen molar-refractivity contribution in [2.45, 2.75) is 0 Å². The number of benzene rings is 4. The lowest BCUT2D eigenvalue weighted by atomic mass is 10.0. The molecule has 5 aromatic rings. The standard InChI is InChI=1S/C26H20N4O4S/c1-33-17-9-7-16(8-10-17)27-25(32)20-13-15-5-3-4-6-19(15)23(24(20)31)29-30-26-28-21-14-18(34-2)11-12-22(21)35-26/h3-14,31H,1-2H3,(H,27,32)/b30-29+. The van der Waals surface area contributed by atoms with Crippen LogP contribution in [0.5, 0.6) is 17.2 Å². The monoisotopic (exact) mass is 484 g/mol. The molecule has 2 N–H and O–H groups in total. The number of hydrogen-bond acceptors (Lipinski definition) is 8. The highest BCUT2D eigenvalue weighted by Crippen LogP contribution is 2.40. The van der Waals surface area contributed by atoms with Crippen molar-refractivity contribution in [1.29, 1.82) is 0 Å². The topological polar surface area (TPSA) is 105 Å². The lowest BCUT2D eigenvalue weighted by molar-refractivity contribution is 0.102. The summed E-state index contributed by atoms with van der Waals surface area (Å²) in [6.07, 6.45) is 0. The lowest BCUT2D eigenvalue weighted by Crippen LogP contribution is -2.12. The molecule has 4 aromatic carbocycles. The summed E-state index contributed by atoms with van der Waals surface area (Å²) in [5, 5.41) is 24.2. The molecule has 1 heterocycles. The van der Waals surface area contributed by atoms with Crippen LogP contribution in [0.25, 0.3) is 21.0 Å². The summed E-state index contributed by atoms with van der Waals surface area (Å²) in [7, 11) is 3.17. The second-order valence-corrected chi connectivity index (χ2v) is 8.56. The number of methoxy groups -OCH3 is 2. The highest BCUT2D eigenvalue weighted by Gasteiger charge is 2.19. The van der Waals surface area contributed by atoms with Gasteiger partial charge in [-0.1, -0.05) is 35.6 Å². The van der Waals surface area contributed by atoms with Gasteiger partial charge in [0.2, 0.25) is 5.13 Å². The second-order valence-electron chi connectivity index (χ2n) is 7.56. The molecule has 0 aliphatic rings. The third-order valence-electron chi connectivity index (χ3n) is 5.41. The molecule has 0 radical (unpaired) electrons. The molecule has 0 spiro atoms. The molecule has 5 rings (SSSR count). The number of carbonyl (C=O) groups is 1. The molecule has 9 heteroatoms. The van der Waals surface area contributed by atoms with Gasteiger partial charge in [0.1, 0.15) is 17.2 Å². The van der Waals surface area contributed by atoms with E-state index in [-0.39, 0.29) is 17.0 Å². The van der Waals surface area contributed by atoms with Crippen LogP contribution in [0, 0.1) is 0 Å². The van der Waals surface area contributed by atoms with E-state index >= 15 is 0 Å². The summed E-state index contributed by atoms with van der Waals surface area (Å²) in [4.78, 5) is 17.5. The maximum atomic E-state index is 13.0. The van der Waals surface area contributed by atoms with E-state index in [4.69, 9.17) is 9.47 Å². The van der Waals surface area contributed by atoms with E-state index in [1.54, 1.807) is 44.6 Å². The number of hydrogen-bond donors (Lipinski definition) is 2. The first-order valence-electron chi connectivity index (χ1n) is 10.6. The van der Waals surface area contributed by atoms with Crippen LogP contribution in [0.1, 0.15) is 10.4 Å². The van der Waals surface area contributed by atoms with Crippen molar-refractivity contribution in [2.75, 3.05) is 19.5 Å². The van der Waals surface area contributed by atoms with Gasteiger partial charge in [0, 0.05) is 17.1 Å². The van der Waals surface area contributed by atoms with E-state index < -0.39 is 5.91 Å². The van der Waals surface area contributed by atoms with Crippen LogP contribution in [0.4, 0.5) is 16.5 Å². The number of nitrogens with one attached hydrogen (secondary N) is 1. The van der Waals surface area contributed by atoms with Crippen LogP contribution in [0.15, 0.2) is 83.0 Å². The molecule has 0 unspecified atom stereocenters. The number of azo groups is 1. The van der Waals surface area contributed by atoms with Crippen LogP contribution in [-0.4, -0.2) is 30.2 Å². The Kier molecular flexibility index (Phi) is 5.99. The van der Waals surface area contributed by atoms with Crippen LogP contribution < -0.4 is 14.8 Å². The maximum absolute atomic E-state index is 13.0. The van der Waals surface area contributed by atoms with Crippen molar-refractivity contribution in [1.82, 2.24) is 4.98 Å². The molecule has 0 atom stereocenters. The van der Waals surface area contributed by atoms with Crippen molar-refractivity contribution in [3.63, 3.8) is 0 Å². The molecule has 0 aliphatic carbocycles. The second kappa shape index (κ2) is 9.40. The molecule has 0 saturated carbocycles. The van der Waals surface area contributed by atoms with Crippen molar-refractivity contribution < 1.29 is 19.4 Å². The number of amides is 1. The minimum atomic E-state index is -0.470. The molecule has 8 nitrogen and oxygen atoms in total. The summed E-state index contributed by atoms with van der Waals surface area (Å²) in [6, 6.07) is 21.5. The fraction of sp³-hybridized carbons (Fsp3) is 0.0769. The summed E-state index contributed by atoms with van der Waals surface area (Å²) in [6.45, 7) is 0. The highest BCUT2D eigenvalue weighted by molar-refractivity contribution is 7.21. The average molecular weight is 485 g/mol. The SMILES string of the molecule is COc1ccc(NC(=O)c2cc3ccccc3c(/N=N/c3nc4cc(OC)ccc4s3)c2O)cc1. The number of carbonyl (C=O) groups excluding carboxylic acids is 1. The molecular formula is C26H20N4O4S. The van der Waals surface area contributed by atoms with E-state index in [9.17, 15) is 9.90 Å². The molecule has 1 aromatic heterocycles. The number of fused-ring (bicyclic) bond motifs is 2. The first kappa shape index (κ1) is 22.3. The first-order valence-corrected chi connectivity index (χ1v) is 11.4. The number of aromatic hydroxyl groups is 1. The summed E-state index contributed by atoms with van der Waals surface area (Å²) < 4.78 is 11.3. The van der Waals surface area contributed by atoms with Crippen LogP contribution in [-0.2, 0) is 0 Å². The van der Waals surface area contributed by atoms with E-state index in [1.165, 1.54) is 11.3 Å². The zero-order valence-corrected chi connectivity index (χ0v) is 19.7. The minimum absolute atomic E-state index is 0.0857. The molecule has 35 heavy (non-hydrogen) atoms. The van der Waals surface area contributed by atoms with Gasteiger partial charge < -0.3 is 19.9 Å². The third kappa shape index (κ3) is 4.49. The van der Waals surface area contributed by atoms with Gasteiger partial charge in [0.05, 0.1) is 30.0 Å². The Morgan fingerprint density at radius 1 is 0.943 bits per heavy atom. The van der Waals surface area contributed by atoms with E-state index in [2.05, 4.69) is 20.5 Å². The Labute approximate surface area is 204 Å². The van der Waals surface area contributed by atoms with E-state index in [0.29, 0.717) is 27.7 Å². The first-order chi connectivity index (χ1) is 17.1. The Morgan fingerprint density at radius 3 is 2.46 bits per heavy atom. The van der Waals surface area contributed by atoms with Gasteiger partial charge in [-0.3, -0.25) is 4.79 Å². The summed E-state index contributed by atoms with van der Waals surface area (Å²) >= 11 is 1.36. The number of phenols is 1. The quantitative estimate of drug-likeness (QED) is 0.257. The number of phenolic OH excluding ortho intramolecular Hbond substituents is 1. The molecule has 0 bridgehead atoms. The van der Waals surface area contributed by atoms with Gasteiger partial charge in [-0.15, -0.1) is 10.2 Å².